The van der Waals surface area contributed by atoms with Gasteiger partial charge in [-0.15, -0.1) is 0 Å². The lowest BCUT2D eigenvalue weighted by molar-refractivity contribution is -0.404. The predicted octanol–water partition coefficient (Wildman–Crippen LogP) is 9.11. The van der Waals surface area contributed by atoms with Crippen LogP contribution in [-0.2, 0) is 11.2 Å². The molecule has 0 bridgehead atoms. The molecule has 0 amide bonds. The van der Waals surface area contributed by atoms with E-state index in [1.54, 1.807) is 0 Å². The quantitative estimate of drug-likeness (QED) is 0.155. The largest absolute Gasteiger partial charge is 0.299 e. The number of carbonyl (C=O) groups is 1. The van der Waals surface area contributed by atoms with Gasteiger partial charge in [-0.1, -0.05) is 118 Å². The second kappa shape index (κ2) is 22.9. The molecule has 2 aromatic rings. The van der Waals surface area contributed by atoms with Crippen LogP contribution in [-0.4, -0.2) is 19.5 Å². The Hall–Kier alpha value is -2.55. The number of hydrogen-bond acceptors (Lipinski definition) is 8. The van der Waals surface area contributed by atoms with E-state index in [0.717, 1.165) is 29.3 Å². The highest BCUT2D eigenvalue weighted by Gasteiger charge is 2.24. The van der Waals surface area contributed by atoms with E-state index in [-0.39, 0.29) is 51.3 Å². The fourth-order valence-corrected chi connectivity index (χ4v) is 4.99. The average Bonchev–Trinajstić information content (AvgIpc) is 3.40. The summed E-state index contributed by atoms with van der Waals surface area (Å²) in [6.45, 7) is 33.8. The van der Waals surface area contributed by atoms with Crippen LogP contribution in [0.2, 0.25) is 0 Å². The number of hydrogen-bond donors (Lipinski definition) is 0. The lowest BCUT2D eigenvalue weighted by Crippen LogP contribution is -2.41. The fraction of sp³-hybridized carbons (Fsp3) is 0.735. The molecule has 0 radical (unpaired) electrons. The van der Waals surface area contributed by atoms with Crippen molar-refractivity contribution in [2.45, 2.75) is 142 Å². The number of rotatable bonds is 9. The van der Waals surface area contributed by atoms with Gasteiger partial charge in [-0.25, -0.2) is 0 Å². The Morgan fingerprint density at radius 2 is 1.09 bits per heavy atom. The number of nitrogens with zero attached hydrogens (tertiary/aromatic N) is 3. The summed E-state index contributed by atoms with van der Waals surface area (Å²) < 4.78 is 8.40. The molecule has 0 N–H and O–H groups in total. The van der Waals surface area contributed by atoms with Gasteiger partial charge in [0.2, 0.25) is 17.1 Å². The Morgan fingerprint density at radius 3 is 1.26 bits per heavy atom. The zero-order chi connectivity index (χ0) is 34.8. The molecule has 0 aliphatic carbocycles. The Bertz CT molecular complexity index is 1110. The van der Waals surface area contributed by atoms with Crippen molar-refractivity contribution >= 4 is 17.5 Å². The zero-order valence-corrected chi connectivity index (χ0v) is 30.9. The van der Waals surface area contributed by atoms with Crippen LogP contribution in [0.3, 0.4) is 0 Å². The number of carbonyl (C=O) groups excluding carboxylic acids is 1. The molecule has 43 heavy (non-hydrogen) atoms. The molecule has 9 heteroatoms. The summed E-state index contributed by atoms with van der Waals surface area (Å²) in [5, 5.41) is 10.1. The van der Waals surface area contributed by atoms with E-state index in [9.17, 15) is 24.5 Å². The van der Waals surface area contributed by atoms with Gasteiger partial charge in [-0.2, -0.15) is 8.75 Å². The number of aromatic nitrogens is 2. The highest BCUT2D eigenvalue weighted by atomic mass is 32.1. The molecule has 1 aromatic carbocycles. The highest BCUT2D eigenvalue weighted by Crippen LogP contribution is 2.21. The topological polar surface area (TPSA) is 120 Å². The van der Waals surface area contributed by atoms with Crippen molar-refractivity contribution in [3.8, 4) is 0 Å². The molecule has 0 unspecified atom stereocenters. The highest BCUT2D eigenvalue weighted by molar-refractivity contribution is 6.99. The van der Waals surface area contributed by atoms with E-state index in [4.69, 9.17) is 0 Å². The molecule has 0 saturated heterocycles. The van der Waals surface area contributed by atoms with Crippen LogP contribution in [0.1, 0.15) is 158 Å². The Kier molecular flexibility index (Phi) is 23.9. The molecular formula is C34H61N3O5S. The van der Waals surface area contributed by atoms with Gasteiger partial charge in [-0.05, 0) is 36.0 Å². The molecule has 1 heterocycles. The van der Waals surface area contributed by atoms with Crippen LogP contribution in [0, 0.1) is 33.8 Å². The van der Waals surface area contributed by atoms with E-state index < -0.39 is 0 Å². The van der Waals surface area contributed by atoms with Crippen molar-refractivity contribution in [3.05, 3.63) is 64.8 Å². The normalized spacial score (nSPS) is 10.6. The number of allylic oxidation sites excluding steroid dienone is 1. The van der Waals surface area contributed by atoms with Gasteiger partial charge in [-0.3, -0.25) is 24.5 Å². The third-order valence-corrected chi connectivity index (χ3v) is 6.91. The predicted molar refractivity (Wildman–Crippen MR) is 184 cm³/mol. The Morgan fingerprint density at radius 1 is 0.721 bits per heavy atom. The molecule has 0 aliphatic heterocycles. The summed E-state index contributed by atoms with van der Waals surface area (Å²) >= 11 is 1.32. The molecular weight excluding hydrogens is 562 g/mol. The van der Waals surface area contributed by atoms with Crippen LogP contribution in [0.15, 0.2) is 21.4 Å². The van der Waals surface area contributed by atoms with Gasteiger partial charge < -0.3 is 0 Å². The van der Waals surface area contributed by atoms with Crippen molar-refractivity contribution in [3.63, 3.8) is 0 Å². The first-order chi connectivity index (χ1) is 19.7. The van der Waals surface area contributed by atoms with Crippen molar-refractivity contribution in [1.29, 1.82) is 0 Å². The van der Waals surface area contributed by atoms with Gasteiger partial charge >= 0.3 is 0 Å². The minimum Gasteiger partial charge on any atom is -0.299 e. The van der Waals surface area contributed by atoms with E-state index in [1.807, 2.05) is 96.9 Å². The molecule has 0 atom stereocenters. The first-order valence-electron chi connectivity index (χ1n) is 15.8. The minimum absolute atomic E-state index is 0.188. The third-order valence-electron chi connectivity index (χ3n) is 6.33. The monoisotopic (exact) mass is 623 g/mol. The van der Waals surface area contributed by atoms with Gasteiger partial charge in [0.05, 0.1) is 28.0 Å². The molecule has 0 aliphatic rings. The first kappa shape index (κ1) is 44.9. The van der Waals surface area contributed by atoms with Gasteiger partial charge in [0, 0.05) is 28.5 Å². The second-order valence-electron chi connectivity index (χ2n) is 12.3. The average molecular weight is 624 g/mol. The molecule has 8 nitrogen and oxygen atoms in total. The summed E-state index contributed by atoms with van der Waals surface area (Å²) in [6, 6.07) is 0. The van der Waals surface area contributed by atoms with Crippen LogP contribution in [0.25, 0.3) is 0 Å². The summed E-state index contributed by atoms with van der Waals surface area (Å²) in [7, 11) is 0. The van der Waals surface area contributed by atoms with Crippen LogP contribution < -0.4 is 10.9 Å². The van der Waals surface area contributed by atoms with Crippen LogP contribution >= 0.6 is 11.7 Å². The molecule has 0 saturated carbocycles. The van der Waals surface area contributed by atoms with E-state index in [2.05, 4.69) is 29.5 Å². The summed E-state index contributed by atoms with van der Waals surface area (Å²) in [5.41, 5.74) is 4.19. The Balaban J connectivity index is -0.000000491. The minimum atomic E-state index is -0.380. The summed E-state index contributed by atoms with van der Waals surface area (Å²) in [6.07, 6.45) is 2.12. The Labute approximate surface area is 266 Å². The number of ketones is 1. The van der Waals surface area contributed by atoms with Gasteiger partial charge in [0.25, 0.3) is 0 Å². The molecule has 0 fully saturated rings. The second-order valence-corrected chi connectivity index (χ2v) is 12.9. The lowest BCUT2D eigenvalue weighted by Gasteiger charge is -2.16. The number of Topliss-reactive ketones (excluding diaryl/α,β-unsaturated/α-hetero) is 1. The molecule has 2 rings (SSSR count). The van der Waals surface area contributed by atoms with E-state index in [1.165, 1.54) is 23.1 Å². The third kappa shape index (κ3) is 16.8. The van der Waals surface area contributed by atoms with Crippen molar-refractivity contribution in [2.75, 3.05) is 0 Å². The number of aryl methyl sites for hydroxylation is 1. The number of nitro groups is 1. The standard InChI is InChI=1S/C10H14O2.C8H15NO2.C7H12N2S.C7H14O.C2H6/c1-5(2)7-8(6(3)4)10(12)9(7)11;1-6(2)8(7(3)4)5-9(10)11;1-4-6-7(5(2)3)9-10-8-6;1-5(2)7(8)6(3)4;1-2/h5-6H,1-4H3;5-7H,1-4H3;5H,4H2,1-3H3;5-6H,1-4H3;1-2H3. The van der Waals surface area contributed by atoms with Crippen molar-refractivity contribution < 1.29 is 9.72 Å². The van der Waals surface area contributed by atoms with Crippen LogP contribution in [0.5, 0.6) is 0 Å². The van der Waals surface area contributed by atoms with Crippen molar-refractivity contribution in [1.82, 2.24) is 8.75 Å². The zero-order valence-electron chi connectivity index (χ0n) is 30.1. The summed E-state index contributed by atoms with van der Waals surface area (Å²) in [4.78, 5) is 42.8. The fourth-order valence-electron chi connectivity index (χ4n) is 4.22. The van der Waals surface area contributed by atoms with Crippen LogP contribution in [0.4, 0.5) is 0 Å². The van der Waals surface area contributed by atoms with E-state index >= 15 is 0 Å². The lowest BCUT2D eigenvalue weighted by atomic mass is 9.85. The summed E-state index contributed by atoms with van der Waals surface area (Å²) in [5.74, 6) is 2.18. The smallest absolute Gasteiger partial charge is 0.234 e. The molecule has 1 aromatic heterocycles. The SMILES string of the molecule is CC.CC(C)C(=C[N+](=O)[O-])C(C)C.CC(C)C(=O)C(C)C.CC(C)c1c(C(C)C)c(=O)c1=O.CCc1nsnc1C(C)C. The molecule has 248 valence electrons. The first-order valence-corrected chi connectivity index (χ1v) is 16.5. The van der Waals surface area contributed by atoms with Crippen molar-refractivity contribution in [2.24, 2.45) is 23.7 Å². The maximum Gasteiger partial charge on any atom is 0.234 e. The van der Waals surface area contributed by atoms with Gasteiger partial charge in [0.15, 0.2) is 0 Å². The maximum absolute atomic E-state index is 11.1. The van der Waals surface area contributed by atoms with Gasteiger partial charge in [0.1, 0.15) is 5.78 Å². The maximum atomic E-state index is 11.1. The van der Waals surface area contributed by atoms with E-state index in [0.29, 0.717) is 11.7 Å². The molecule has 0 spiro atoms.